The van der Waals surface area contributed by atoms with E-state index < -0.39 is 0 Å². The molecule has 1 amide bonds. The molecule has 1 aromatic carbocycles. The number of aryl methyl sites for hydroxylation is 1. The van der Waals surface area contributed by atoms with E-state index in [2.05, 4.69) is 24.4 Å². The van der Waals surface area contributed by atoms with Crippen molar-refractivity contribution in [3.8, 4) is 11.5 Å². The molecule has 0 spiro atoms. The van der Waals surface area contributed by atoms with Crippen molar-refractivity contribution in [1.29, 1.82) is 0 Å². The molecule has 0 fully saturated rings. The van der Waals surface area contributed by atoms with Crippen molar-refractivity contribution >= 4 is 17.2 Å². The van der Waals surface area contributed by atoms with E-state index in [1.165, 1.54) is 9.75 Å². The van der Waals surface area contributed by atoms with E-state index in [-0.39, 0.29) is 11.9 Å². The van der Waals surface area contributed by atoms with Crippen LogP contribution in [0, 0.1) is 6.92 Å². The lowest BCUT2D eigenvalue weighted by Gasteiger charge is -2.14. The quantitative estimate of drug-likeness (QED) is 0.845. The first-order valence-electron chi connectivity index (χ1n) is 7.57. The number of amides is 1. The highest BCUT2D eigenvalue weighted by Crippen LogP contribution is 2.27. The van der Waals surface area contributed by atoms with Crippen molar-refractivity contribution in [3.63, 3.8) is 0 Å². The van der Waals surface area contributed by atoms with Crippen LogP contribution in [0.5, 0.6) is 11.5 Å². The van der Waals surface area contributed by atoms with Crippen molar-refractivity contribution in [2.24, 2.45) is 0 Å². The molecule has 0 bridgehead atoms. The van der Waals surface area contributed by atoms with E-state index in [4.69, 9.17) is 9.47 Å². The molecule has 0 saturated heterocycles. The van der Waals surface area contributed by atoms with Gasteiger partial charge in [0.25, 0.3) is 0 Å². The summed E-state index contributed by atoms with van der Waals surface area (Å²) >= 11 is 1.77. The molecule has 1 heterocycles. The van der Waals surface area contributed by atoms with Crippen LogP contribution in [0.15, 0.2) is 30.3 Å². The fraction of sp³-hybridized carbons (Fsp3) is 0.389. The Morgan fingerprint density at radius 1 is 1.17 bits per heavy atom. The summed E-state index contributed by atoms with van der Waals surface area (Å²) in [5.74, 6) is 1.32. The van der Waals surface area contributed by atoms with E-state index in [1.54, 1.807) is 25.6 Å². The van der Waals surface area contributed by atoms with E-state index in [0.29, 0.717) is 17.9 Å². The standard InChI is InChI=1S/C18H23NO3S/c1-12(9-15-7-5-13(2)23-15)19-18(20)11-14-6-8-16(21-3)17(10-14)22-4/h5-8,10,12H,9,11H2,1-4H3,(H,19,20)/t12-/m1/s1. The molecule has 23 heavy (non-hydrogen) atoms. The van der Waals surface area contributed by atoms with Crippen LogP contribution < -0.4 is 14.8 Å². The van der Waals surface area contributed by atoms with Gasteiger partial charge >= 0.3 is 0 Å². The number of thiophene rings is 1. The van der Waals surface area contributed by atoms with Crippen molar-refractivity contribution in [2.75, 3.05) is 14.2 Å². The molecular formula is C18H23NO3S. The van der Waals surface area contributed by atoms with Gasteiger partial charge in [-0.2, -0.15) is 0 Å². The predicted octanol–water partition coefficient (Wildman–Crippen LogP) is 3.36. The van der Waals surface area contributed by atoms with E-state index in [1.807, 2.05) is 25.1 Å². The first-order valence-corrected chi connectivity index (χ1v) is 8.39. The summed E-state index contributed by atoms with van der Waals surface area (Å²) in [5, 5.41) is 3.05. The third-order valence-corrected chi connectivity index (χ3v) is 4.55. The Bertz CT molecular complexity index is 666. The molecule has 1 atom stereocenters. The molecule has 5 heteroatoms. The Kier molecular flexibility index (Phi) is 6.04. The summed E-state index contributed by atoms with van der Waals surface area (Å²) in [4.78, 5) is 14.8. The van der Waals surface area contributed by atoms with E-state index >= 15 is 0 Å². The third kappa shape index (κ3) is 4.99. The van der Waals surface area contributed by atoms with Crippen molar-refractivity contribution in [3.05, 3.63) is 45.6 Å². The molecule has 124 valence electrons. The summed E-state index contributed by atoms with van der Waals surface area (Å²) in [6.45, 7) is 4.12. The Morgan fingerprint density at radius 3 is 2.52 bits per heavy atom. The fourth-order valence-electron chi connectivity index (χ4n) is 2.45. The maximum absolute atomic E-state index is 12.2. The maximum Gasteiger partial charge on any atom is 0.224 e. The Balaban J connectivity index is 1.91. The van der Waals surface area contributed by atoms with E-state index in [0.717, 1.165) is 12.0 Å². The van der Waals surface area contributed by atoms with Gasteiger partial charge in [-0.15, -0.1) is 11.3 Å². The minimum Gasteiger partial charge on any atom is -0.493 e. The highest BCUT2D eigenvalue weighted by molar-refractivity contribution is 7.11. The van der Waals surface area contributed by atoms with E-state index in [9.17, 15) is 4.79 Å². The topological polar surface area (TPSA) is 47.6 Å². The normalized spacial score (nSPS) is 11.8. The Morgan fingerprint density at radius 2 is 1.91 bits per heavy atom. The smallest absolute Gasteiger partial charge is 0.224 e. The Hall–Kier alpha value is -2.01. The van der Waals surface area contributed by atoms with Crippen LogP contribution in [0.1, 0.15) is 22.2 Å². The molecule has 2 rings (SSSR count). The second-order valence-corrected chi connectivity index (χ2v) is 6.92. The molecule has 0 unspecified atom stereocenters. The van der Waals surface area contributed by atoms with Crippen LogP contribution in [0.25, 0.3) is 0 Å². The van der Waals surface area contributed by atoms with Gasteiger partial charge in [-0.1, -0.05) is 6.07 Å². The van der Waals surface area contributed by atoms with Gasteiger partial charge in [0, 0.05) is 22.2 Å². The summed E-state index contributed by atoms with van der Waals surface area (Å²) in [6.07, 6.45) is 1.18. The molecule has 4 nitrogen and oxygen atoms in total. The van der Waals surface area contributed by atoms with Crippen LogP contribution in [0.2, 0.25) is 0 Å². The number of methoxy groups -OCH3 is 2. The lowest BCUT2D eigenvalue weighted by Crippen LogP contribution is -2.34. The van der Waals surface area contributed by atoms with Crippen LogP contribution in [-0.4, -0.2) is 26.2 Å². The summed E-state index contributed by atoms with van der Waals surface area (Å²) in [7, 11) is 3.19. The molecule has 0 saturated carbocycles. The van der Waals surface area contributed by atoms with Gasteiger partial charge in [0.1, 0.15) is 0 Å². The highest BCUT2D eigenvalue weighted by atomic mass is 32.1. The van der Waals surface area contributed by atoms with Gasteiger partial charge in [-0.3, -0.25) is 4.79 Å². The number of hydrogen-bond acceptors (Lipinski definition) is 4. The van der Waals surface area contributed by atoms with Crippen LogP contribution in [0.3, 0.4) is 0 Å². The molecule has 0 aliphatic carbocycles. The molecule has 2 aromatic rings. The SMILES string of the molecule is COc1ccc(CC(=O)N[C@H](C)Cc2ccc(C)s2)cc1OC. The Labute approximate surface area is 141 Å². The molecular weight excluding hydrogens is 310 g/mol. The molecule has 0 aliphatic heterocycles. The number of ether oxygens (including phenoxy) is 2. The minimum atomic E-state index is 0.0120. The zero-order valence-electron chi connectivity index (χ0n) is 14.0. The zero-order chi connectivity index (χ0) is 16.8. The molecule has 0 radical (unpaired) electrons. The number of nitrogens with one attached hydrogen (secondary N) is 1. The highest BCUT2D eigenvalue weighted by Gasteiger charge is 2.12. The lowest BCUT2D eigenvalue weighted by molar-refractivity contribution is -0.121. The minimum absolute atomic E-state index is 0.0120. The molecule has 1 N–H and O–H groups in total. The molecule has 1 aromatic heterocycles. The van der Waals surface area contributed by atoms with Gasteiger partial charge in [0.15, 0.2) is 11.5 Å². The number of carbonyl (C=O) groups is 1. The van der Waals surface area contributed by atoms with Gasteiger partial charge in [-0.05, 0) is 43.7 Å². The largest absolute Gasteiger partial charge is 0.493 e. The van der Waals surface area contributed by atoms with Crippen LogP contribution in [0.4, 0.5) is 0 Å². The number of rotatable bonds is 7. The second-order valence-electron chi connectivity index (χ2n) is 5.55. The lowest BCUT2D eigenvalue weighted by atomic mass is 10.1. The number of hydrogen-bond donors (Lipinski definition) is 1. The van der Waals surface area contributed by atoms with Gasteiger partial charge in [-0.25, -0.2) is 0 Å². The maximum atomic E-state index is 12.2. The number of carbonyl (C=O) groups excluding carboxylic acids is 1. The van der Waals surface area contributed by atoms with Crippen molar-refractivity contribution < 1.29 is 14.3 Å². The molecule has 0 aliphatic rings. The first kappa shape index (κ1) is 17.3. The second kappa shape index (κ2) is 8.02. The summed E-state index contributed by atoms with van der Waals surface area (Å²) < 4.78 is 10.5. The number of benzene rings is 1. The summed E-state index contributed by atoms with van der Waals surface area (Å²) in [6, 6.07) is 9.88. The van der Waals surface area contributed by atoms with Crippen LogP contribution in [-0.2, 0) is 17.6 Å². The average Bonchev–Trinajstić information content (AvgIpc) is 2.91. The van der Waals surface area contributed by atoms with Gasteiger partial charge in [0.05, 0.1) is 20.6 Å². The first-order chi connectivity index (χ1) is 11.0. The van der Waals surface area contributed by atoms with Crippen molar-refractivity contribution in [1.82, 2.24) is 5.32 Å². The van der Waals surface area contributed by atoms with Crippen LogP contribution >= 0.6 is 11.3 Å². The van der Waals surface area contributed by atoms with Gasteiger partial charge < -0.3 is 14.8 Å². The van der Waals surface area contributed by atoms with Gasteiger partial charge in [0.2, 0.25) is 5.91 Å². The zero-order valence-corrected chi connectivity index (χ0v) is 14.8. The summed E-state index contributed by atoms with van der Waals surface area (Å²) in [5.41, 5.74) is 0.902. The predicted molar refractivity (Wildman–Crippen MR) is 93.6 cm³/mol. The average molecular weight is 333 g/mol. The third-order valence-electron chi connectivity index (χ3n) is 3.52. The monoisotopic (exact) mass is 333 g/mol. The van der Waals surface area contributed by atoms with Crippen molar-refractivity contribution in [2.45, 2.75) is 32.7 Å². The fourth-order valence-corrected chi connectivity index (χ4v) is 3.47.